The van der Waals surface area contributed by atoms with E-state index in [0.29, 0.717) is 12.0 Å². The maximum absolute atomic E-state index is 11.4. The molecule has 0 heterocycles. The molecule has 0 radical (unpaired) electrons. The van der Waals surface area contributed by atoms with Crippen molar-refractivity contribution in [1.82, 2.24) is 0 Å². The van der Waals surface area contributed by atoms with Gasteiger partial charge in [0, 0.05) is 5.57 Å². The van der Waals surface area contributed by atoms with E-state index < -0.39 is 35.8 Å². The predicted octanol–water partition coefficient (Wildman–Crippen LogP) is 1.62. The molecule has 6 nitrogen and oxygen atoms in total. The van der Waals surface area contributed by atoms with Gasteiger partial charge in [0.25, 0.3) is 0 Å². The second kappa shape index (κ2) is 6.36. The van der Waals surface area contributed by atoms with Crippen LogP contribution in [0.3, 0.4) is 0 Å². The molecule has 2 N–H and O–H groups in total. The summed E-state index contributed by atoms with van der Waals surface area (Å²) in [5.41, 5.74) is 0.885. The van der Waals surface area contributed by atoms with E-state index in [1.165, 1.54) is 13.0 Å². The van der Waals surface area contributed by atoms with E-state index in [1.54, 1.807) is 6.92 Å². The van der Waals surface area contributed by atoms with E-state index in [1.807, 2.05) is 0 Å². The standard InChI is InChI=1S/C14H18O6/c1-7(2)14(19)20-8(3)9-4-5-10(12(15)16)11(6-9)13(17)18/h6,8,10-11H,1,4-5H2,2-3H3,(H,15,16)(H,17,18). The van der Waals surface area contributed by atoms with Gasteiger partial charge in [-0.05, 0) is 32.3 Å². The number of carbonyl (C=O) groups is 3. The molecular weight excluding hydrogens is 264 g/mol. The summed E-state index contributed by atoms with van der Waals surface area (Å²) >= 11 is 0. The number of rotatable bonds is 5. The van der Waals surface area contributed by atoms with Gasteiger partial charge in [0.05, 0.1) is 11.8 Å². The highest BCUT2D eigenvalue weighted by Crippen LogP contribution is 2.31. The topological polar surface area (TPSA) is 101 Å². The van der Waals surface area contributed by atoms with Crippen LogP contribution in [-0.4, -0.2) is 34.2 Å². The van der Waals surface area contributed by atoms with Crippen molar-refractivity contribution in [1.29, 1.82) is 0 Å². The summed E-state index contributed by atoms with van der Waals surface area (Å²) in [4.78, 5) is 33.6. The number of ether oxygens (including phenoxy) is 1. The van der Waals surface area contributed by atoms with Gasteiger partial charge in [0.2, 0.25) is 0 Å². The Bertz CT molecular complexity index is 476. The van der Waals surface area contributed by atoms with Crippen LogP contribution < -0.4 is 0 Å². The summed E-state index contributed by atoms with van der Waals surface area (Å²) in [6, 6.07) is 0. The quantitative estimate of drug-likeness (QED) is 0.451. The Morgan fingerprint density at radius 2 is 1.95 bits per heavy atom. The summed E-state index contributed by atoms with van der Waals surface area (Å²) in [6.45, 7) is 6.62. The van der Waals surface area contributed by atoms with Crippen molar-refractivity contribution >= 4 is 17.9 Å². The van der Waals surface area contributed by atoms with Crippen LogP contribution in [0.4, 0.5) is 0 Å². The molecule has 0 fully saturated rings. The maximum atomic E-state index is 11.4. The molecule has 0 aromatic heterocycles. The third kappa shape index (κ3) is 3.69. The van der Waals surface area contributed by atoms with E-state index in [-0.39, 0.29) is 12.0 Å². The Kier molecular flexibility index (Phi) is 5.07. The van der Waals surface area contributed by atoms with Crippen LogP contribution in [0.5, 0.6) is 0 Å². The summed E-state index contributed by atoms with van der Waals surface area (Å²) in [6.07, 6.45) is 1.41. The Labute approximate surface area is 116 Å². The maximum Gasteiger partial charge on any atom is 0.333 e. The molecule has 1 aliphatic rings. The van der Waals surface area contributed by atoms with Crippen molar-refractivity contribution in [2.75, 3.05) is 0 Å². The summed E-state index contributed by atoms with van der Waals surface area (Å²) in [5, 5.41) is 18.1. The predicted molar refractivity (Wildman–Crippen MR) is 69.9 cm³/mol. The lowest BCUT2D eigenvalue weighted by Gasteiger charge is -2.27. The summed E-state index contributed by atoms with van der Waals surface area (Å²) in [7, 11) is 0. The Morgan fingerprint density at radius 1 is 1.35 bits per heavy atom. The zero-order valence-electron chi connectivity index (χ0n) is 11.5. The molecule has 1 rings (SSSR count). The highest BCUT2D eigenvalue weighted by Gasteiger charge is 2.36. The van der Waals surface area contributed by atoms with Gasteiger partial charge in [0.1, 0.15) is 6.10 Å². The van der Waals surface area contributed by atoms with Crippen LogP contribution in [-0.2, 0) is 19.1 Å². The third-order valence-corrected chi connectivity index (χ3v) is 3.33. The number of carboxylic acid groups (broad SMARTS) is 2. The molecular formula is C14H18O6. The van der Waals surface area contributed by atoms with Crippen molar-refractivity contribution in [2.24, 2.45) is 11.8 Å². The van der Waals surface area contributed by atoms with Crippen molar-refractivity contribution in [2.45, 2.75) is 32.8 Å². The normalized spacial score (nSPS) is 23.4. The van der Waals surface area contributed by atoms with Gasteiger partial charge in [0.15, 0.2) is 0 Å². The van der Waals surface area contributed by atoms with E-state index >= 15 is 0 Å². The molecule has 0 saturated carbocycles. The second-order valence-electron chi connectivity index (χ2n) is 4.92. The van der Waals surface area contributed by atoms with E-state index in [2.05, 4.69) is 6.58 Å². The van der Waals surface area contributed by atoms with Crippen LogP contribution in [0.1, 0.15) is 26.7 Å². The summed E-state index contributed by atoms with van der Waals surface area (Å²) < 4.78 is 5.13. The van der Waals surface area contributed by atoms with Gasteiger partial charge in [-0.3, -0.25) is 9.59 Å². The summed E-state index contributed by atoms with van der Waals surface area (Å²) in [5.74, 6) is -4.90. The van der Waals surface area contributed by atoms with Crippen molar-refractivity contribution in [3.8, 4) is 0 Å². The van der Waals surface area contributed by atoms with E-state index in [9.17, 15) is 14.4 Å². The Hall–Kier alpha value is -2.11. The average molecular weight is 282 g/mol. The molecule has 3 unspecified atom stereocenters. The molecule has 0 saturated heterocycles. The molecule has 0 aromatic carbocycles. The lowest BCUT2D eigenvalue weighted by atomic mass is 9.79. The lowest BCUT2D eigenvalue weighted by molar-refractivity contribution is -0.152. The van der Waals surface area contributed by atoms with Crippen molar-refractivity contribution in [3.05, 3.63) is 23.8 Å². The number of carboxylic acids is 2. The Balaban J connectivity index is 2.88. The fraction of sp³-hybridized carbons (Fsp3) is 0.500. The molecule has 3 atom stereocenters. The third-order valence-electron chi connectivity index (χ3n) is 3.33. The minimum atomic E-state index is -1.19. The first-order valence-electron chi connectivity index (χ1n) is 6.26. The molecule has 0 aliphatic heterocycles. The number of carbonyl (C=O) groups excluding carboxylic acids is 1. The number of aliphatic carboxylic acids is 2. The average Bonchev–Trinajstić information content (AvgIpc) is 2.37. The van der Waals surface area contributed by atoms with Crippen LogP contribution in [0.25, 0.3) is 0 Å². The first kappa shape index (κ1) is 15.9. The minimum Gasteiger partial charge on any atom is -0.481 e. The second-order valence-corrected chi connectivity index (χ2v) is 4.92. The van der Waals surface area contributed by atoms with Gasteiger partial charge in [-0.25, -0.2) is 4.79 Å². The van der Waals surface area contributed by atoms with Gasteiger partial charge in [-0.15, -0.1) is 0 Å². The van der Waals surface area contributed by atoms with E-state index in [0.717, 1.165) is 0 Å². The van der Waals surface area contributed by atoms with Gasteiger partial charge < -0.3 is 14.9 Å². The SMILES string of the molecule is C=C(C)C(=O)OC(C)C1=CC(C(=O)O)C(C(=O)O)CC1. The highest BCUT2D eigenvalue weighted by molar-refractivity contribution is 5.87. The van der Waals surface area contributed by atoms with Gasteiger partial charge in [-0.2, -0.15) is 0 Å². The lowest BCUT2D eigenvalue weighted by Crippen LogP contribution is -2.33. The molecule has 0 aromatic rings. The number of esters is 1. The Morgan fingerprint density at radius 3 is 2.40 bits per heavy atom. The number of hydrogen-bond acceptors (Lipinski definition) is 4. The molecule has 0 bridgehead atoms. The van der Waals surface area contributed by atoms with Crippen LogP contribution >= 0.6 is 0 Å². The zero-order chi connectivity index (χ0) is 15.4. The zero-order valence-corrected chi connectivity index (χ0v) is 11.5. The van der Waals surface area contributed by atoms with Crippen LogP contribution in [0, 0.1) is 11.8 Å². The fourth-order valence-corrected chi connectivity index (χ4v) is 2.13. The first-order chi connectivity index (χ1) is 9.23. The first-order valence-corrected chi connectivity index (χ1v) is 6.26. The highest BCUT2D eigenvalue weighted by atomic mass is 16.5. The van der Waals surface area contributed by atoms with Gasteiger partial charge >= 0.3 is 17.9 Å². The molecule has 20 heavy (non-hydrogen) atoms. The smallest absolute Gasteiger partial charge is 0.333 e. The fourth-order valence-electron chi connectivity index (χ4n) is 2.13. The number of hydrogen-bond donors (Lipinski definition) is 2. The molecule has 0 spiro atoms. The molecule has 110 valence electrons. The monoisotopic (exact) mass is 282 g/mol. The van der Waals surface area contributed by atoms with Crippen LogP contribution in [0.15, 0.2) is 23.8 Å². The van der Waals surface area contributed by atoms with Gasteiger partial charge in [-0.1, -0.05) is 12.7 Å². The molecule has 0 amide bonds. The molecule has 1 aliphatic carbocycles. The minimum absolute atomic E-state index is 0.215. The van der Waals surface area contributed by atoms with Crippen molar-refractivity contribution in [3.63, 3.8) is 0 Å². The largest absolute Gasteiger partial charge is 0.481 e. The van der Waals surface area contributed by atoms with Crippen LogP contribution in [0.2, 0.25) is 0 Å². The molecule has 6 heteroatoms. The van der Waals surface area contributed by atoms with E-state index in [4.69, 9.17) is 14.9 Å². The van der Waals surface area contributed by atoms with Crippen molar-refractivity contribution < 1.29 is 29.3 Å².